The molecule has 2 rings (SSSR count). The van der Waals surface area contributed by atoms with E-state index in [4.69, 9.17) is 9.84 Å². The van der Waals surface area contributed by atoms with Crippen molar-refractivity contribution < 1.29 is 14.9 Å². The van der Waals surface area contributed by atoms with Crippen molar-refractivity contribution in [3.63, 3.8) is 0 Å². The highest BCUT2D eigenvalue weighted by Gasteiger charge is 2.43. The van der Waals surface area contributed by atoms with E-state index in [1.807, 2.05) is 0 Å². The highest BCUT2D eigenvalue weighted by molar-refractivity contribution is 8.14. The summed E-state index contributed by atoms with van der Waals surface area (Å²) < 4.78 is 5.86. The molecule has 4 unspecified atom stereocenters. The number of aliphatic hydroxyl groups excluding tert-OH is 2. The van der Waals surface area contributed by atoms with Gasteiger partial charge >= 0.3 is 0 Å². The molecule has 2 heterocycles. The van der Waals surface area contributed by atoms with Gasteiger partial charge in [-0.2, -0.15) is 0 Å². The Balaban J connectivity index is 1.93. The first-order valence-electron chi connectivity index (χ1n) is 5.59. The molecular weight excluding hydrogens is 228 g/mol. The smallest absolute Gasteiger partial charge is 0.159 e. The zero-order chi connectivity index (χ0) is 11.5. The Kier molecular flexibility index (Phi) is 4.07. The van der Waals surface area contributed by atoms with E-state index in [1.54, 1.807) is 7.05 Å². The molecule has 0 amide bonds. The van der Waals surface area contributed by atoms with Crippen LogP contribution in [0, 0.1) is 0 Å². The van der Waals surface area contributed by atoms with E-state index in [1.165, 1.54) is 11.8 Å². The van der Waals surface area contributed by atoms with E-state index in [2.05, 4.69) is 10.3 Å². The van der Waals surface area contributed by atoms with Gasteiger partial charge in [0.15, 0.2) is 5.17 Å². The number of rotatable bonds is 3. The van der Waals surface area contributed by atoms with Gasteiger partial charge in [0.2, 0.25) is 0 Å². The fraction of sp³-hybridized carbons (Fsp3) is 0.900. The topological polar surface area (TPSA) is 74.1 Å². The fourth-order valence-electron chi connectivity index (χ4n) is 2.10. The normalized spacial score (nSPS) is 40.8. The predicted molar refractivity (Wildman–Crippen MR) is 63.5 cm³/mol. The van der Waals surface area contributed by atoms with Crippen molar-refractivity contribution >= 4 is 16.9 Å². The number of hydrogen-bond acceptors (Lipinski definition) is 5. The first kappa shape index (κ1) is 12.2. The average molecular weight is 246 g/mol. The Morgan fingerprint density at radius 1 is 1.62 bits per heavy atom. The molecule has 2 fully saturated rings. The van der Waals surface area contributed by atoms with Gasteiger partial charge in [0.25, 0.3) is 0 Å². The van der Waals surface area contributed by atoms with Gasteiger partial charge < -0.3 is 20.3 Å². The molecule has 4 atom stereocenters. The van der Waals surface area contributed by atoms with Gasteiger partial charge in [0, 0.05) is 20.1 Å². The molecule has 0 spiro atoms. The zero-order valence-electron chi connectivity index (χ0n) is 9.30. The van der Waals surface area contributed by atoms with Crippen molar-refractivity contribution in [1.82, 2.24) is 5.32 Å². The highest BCUT2D eigenvalue weighted by atomic mass is 32.2. The lowest BCUT2D eigenvalue weighted by Gasteiger charge is -2.34. The van der Waals surface area contributed by atoms with Crippen molar-refractivity contribution in [2.45, 2.75) is 42.9 Å². The van der Waals surface area contributed by atoms with Crippen LogP contribution in [0.3, 0.4) is 0 Å². The van der Waals surface area contributed by atoms with Gasteiger partial charge in [-0.3, -0.25) is 4.99 Å². The van der Waals surface area contributed by atoms with E-state index < -0.39 is 6.10 Å². The molecule has 2 aliphatic rings. The van der Waals surface area contributed by atoms with Crippen LogP contribution in [0.1, 0.15) is 19.3 Å². The molecular formula is C10H18N2O3S. The zero-order valence-corrected chi connectivity index (χ0v) is 10.1. The molecule has 16 heavy (non-hydrogen) atoms. The molecule has 0 bridgehead atoms. The second-order valence-corrected chi connectivity index (χ2v) is 5.20. The van der Waals surface area contributed by atoms with Gasteiger partial charge in [-0.15, -0.1) is 0 Å². The molecule has 0 aromatic carbocycles. The minimum atomic E-state index is -0.394. The molecule has 2 aliphatic heterocycles. The number of nitrogens with zero attached hydrogens (tertiary/aromatic N) is 1. The summed E-state index contributed by atoms with van der Waals surface area (Å²) in [6.45, 7) is 0.178. The molecule has 2 saturated heterocycles. The van der Waals surface area contributed by atoms with Crippen molar-refractivity contribution in [2.24, 2.45) is 4.99 Å². The summed E-state index contributed by atoms with van der Waals surface area (Å²) in [4.78, 5) is 4.07. The van der Waals surface area contributed by atoms with Crippen molar-refractivity contribution in [2.75, 3.05) is 13.7 Å². The van der Waals surface area contributed by atoms with Crippen LogP contribution in [-0.2, 0) is 4.74 Å². The maximum absolute atomic E-state index is 9.99. The summed E-state index contributed by atoms with van der Waals surface area (Å²) in [5.41, 5.74) is -0.0499. The van der Waals surface area contributed by atoms with Crippen LogP contribution in [0.25, 0.3) is 0 Å². The monoisotopic (exact) mass is 246 g/mol. The minimum absolute atomic E-state index is 0.0472. The molecule has 3 N–H and O–H groups in total. The number of aliphatic imine (C=N–C) groups is 1. The number of fused-ring (bicyclic) bond motifs is 1. The molecule has 0 aliphatic carbocycles. The Hall–Kier alpha value is -0.300. The average Bonchev–Trinajstić information content (AvgIpc) is 2.70. The van der Waals surface area contributed by atoms with Crippen LogP contribution in [0.5, 0.6) is 0 Å². The summed E-state index contributed by atoms with van der Waals surface area (Å²) in [7, 11) is 1.72. The molecule has 6 heteroatoms. The summed E-state index contributed by atoms with van der Waals surface area (Å²) in [6.07, 6.45) is 1.81. The van der Waals surface area contributed by atoms with Crippen LogP contribution >= 0.6 is 11.8 Å². The number of nitrogens with one attached hydrogen (secondary N) is 1. The SMILES string of the molecule is CN=C1NC2C(O)CC(CCCO)OC2S1. The first-order chi connectivity index (χ1) is 7.74. The Bertz CT molecular complexity index is 275. The Morgan fingerprint density at radius 3 is 3.12 bits per heavy atom. The van der Waals surface area contributed by atoms with Crippen molar-refractivity contribution in [3.05, 3.63) is 0 Å². The molecule has 5 nitrogen and oxygen atoms in total. The van der Waals surface area contributed by atoms with Gasteiger partial charge in [0.05, 0.1) is 18.2 Å². The number of amidine groups is 1. The molecule has 92 valence electrons. The lowest BCUT2D eigenvalue weighted by atomic mass is 9.98. The van der Waals surface area contributed by atoms with Gasteiger partial charge in [-0.1, -0.05) is 11.8 Å². The summed E-state index contributed by atoms with van der Waals surface area (Å²) in [5.74, 6) is 0. The molecule has 0 aromatic rings. The first-order valence-corrected chi connectivity index (χ1v) is 6.47. The second kappa shape index (κ2) is 5.35. The third-order valence-electron chi connectivity index (χ3n) is 2.94. The van der Waals surface area contributed by atoms with E-state index in [0.717, 1.165) is 18.0 Å². The van der Waals surface area contributed by atoms with E-state index in [-0.39, 0.29) is 24.2 Å². The lowest BCUT2D eigenvalue weighted by Crippen LogP contribution is -2.50. The van der Waals surface area contributed by atoms with Crippen LogP contribution in [0.2, 0.25) is 0 Å². The quantitative estimate of drug-likeness (QED) is 0.650. The number of aliphatic hydroxyl groups is 2. The number of thioether (sulfide) groups is 1. The van der Waals surface area contributed by atoms with Gasteiger partial charge in [-0.25, -0.2) is 0 Å². The maximum atomic E-state index is 9.99. The second-order valence-electron chi connectivity index (χ2n) is 4.11. The van der Waals surface area contributed by atoms with Crippen LogP contribution in [0.4, 0.5) is 0 Å². The van der Waals surface area contributed by atoms with E-state index in [0.29, 0.717) is 6.42 Å². The standard InChI is InChI=1S/C10H18N2O3S/c1-11-10-12-8-7(14)5-6(3-2-4-13)15-9(8)16-10/h6-9,13-14H,2-5H2,1H3,(H,11,12). The fourth-order valence-corrected chi connectivity index (χ4v) is 3.24. The summed E-state index contributed by atoms with van der Waals surface area (Å²) in [6, 6.07) is -0.0472. The third-order valence-corrected chi connectivity index (χ3v) is 4.10. The number of hydrogen-bond donors (Lipinski definition) is 3. The highest BCUT2D eigenvalue weighted by Crippen LogP contribution is 2.34. The van der Waals surface area contributed by atoms with Crippen LogP contribution in [0.15, 0.2) is 4.99 Å². The molecule has 0 aromatic heterocycles. The molecule has 0 saturated carbocycles. The Morgan fingerprint density at radius 2 is 2.44 bits per heavy atom. The Labute approximate surface area is 99.3 Å². The van der Waals surface area contributed by atoms with Crippen molar-refractivity contribution in [3.8, 4) is 0 Å². The predicted octanol–water partition coefficient (Wildman–Crippen LogP) is -0.0744. The van der Waals surface area contributed by atoms with Crippen molar-refractivity contribution in [1.29, 1.82) is 0 Å². The summed E-state index contributed by atoms with van der Waals surface area (Å²) >= 11 is 1.53. The van der Waals surface area contributed by atoms with E-state index in [9.17, 15) is 5.11 Å². The molecule has 0 radical (unpaired) electrons. The minimum Gasteiger partial charge on any atom is -0.396 e. The van der Waals surface area contributed by atoms with Gasteiger partial charge in [0.1, 0.15) is 5.44 Å². The van der Waals surface area contributed by atoms with Crippen LogP contribution in [-0.4, -0.2) is 52.7 Å². The summed E-state index contributed by atoms with van der Waals surface area (Å²) in [5, 5.41) is 22.8. The van der Waals surface area contributed by atoms with E-state index >= 15 is 0 Å². The maximum Gasteiger partial charge on any atom is 0.159 e. The van der Waals surface area contributed by atoms with Gasteiger partial charge in [-0.05, 0) is 12.8 Å². The number of ether oxygens (including phenoxy) is 1. The third kappa shape index (κ3) is 2.51. The van der Waals surface area contributed by atoms with Crippen LogP contribution < -0.4 is 5.32 Å². The lowest BCUT2D eigenvalue weighted by molar-refractivity contribution is -0.0782. The largest absolute Gasteiger partial charge is 0.396 e.